The van der Waals surface area contributed by atoms with Crippen LogP contribution in [0.5, 0.6) is 5.75 Å². The first-order valence-electron chi connectivity index (χ1n) is 9.23. The molecule has 1 amide bonds. The van der Waals surface area contributed by atoms with E-state index in [0.29, 0.717) is 21.1 Å². The van der Waals surface area contributed by atoms with Crippen LogP contribution in [0, 0.1) is 0 Å². The van der Waals surface area contributed by atoms with Gasteiger partial charge < -0.3 is 24.5 Å². The zero-order valence-electron chi connectivity index (χ0n) is 16.4. The van der Waals surface area contributed by atoms with E-state index < -0.39 is 22.9 Å². The van der Waals surface area contributed by atoms with Gasteiger partial charge in [-0.1, -0.05) is 28.1 Å². The summed E-state index contributed by atoms with van der Waals surface area (Å²) in [5.74, 6) is -1.67. The summed E-state index contributed by atoms with van der Waals surface area (Å²) in [4.78, 5) is 41.5. The van der Waals surface area contributed by atoms with Crippen LogP contribution in [-0.4, -0.2) is 26.0 Å². The second-order valence-electron chi connectivity index (χ2n) is 7.20. The van der Waals surface area contributed by atoms with Crippen molar-refractivity contribution < 1.29 is 23.5 Å². The van der Waals surface area contributed by atoms with E-state index in [9.17, 15) is 14.4 Å². The van der Waals surface area contributed by atoms with E-state index in [1.807, 2.05) is 0 Å². The molecule has 1 atom stereocenters. The van der Waals surface area contributed by atoms with Crippen LogP contribution < -0.4 is 21.0 Å². The van der Waals surface area contributed by atoms with Gasteiger partial charge in [0.05, 0.1) is 12.5 Å². The van der Waals surface area contributed by atoms with E-state index in [2.05, 4.69) is 15.9 Å². The van der Waals surface area contributed by atoms with Gasteiger partial charge in [-0.15, -0.1) is 0 Å². The summed E-state index contributed by atoms with van der Waals surface area (Å²) in [5.41, 5.74) is 4.31. The van der Waals surface area contributed by atoms with Gasteiger partial charge >= 0.3 is 11.6 Å². The van der Waals surface area contributed by atoms with E-state index in [1.165, 1.54) is 12.0 Å². The Morgan fingerprint density at radius 1 is 1.19 bits per heavy atom. The Bertz CT molecular complexity index is 1410. The molecule has 156 valence electrons. The van der Waals surface area contributed by atoms with Crippen LogP contribution in [0.25, 0.3) is 11.0 Å². The van der Waals surface area contributed by atoms with Crippen molar-refractivity contribution in [2.75, 3.05) is 19.1 Å². The molecule has 0 saturated heterocycles. The molecule has 2 aliphatic rings. The van der Waals surface area contributed by atoms with E-state index in [4.69, 9.17) is 19.6 Å². The van der Waals surface area contributed by atoms with Crippen molar-refractivity contribution in [3.63, 3.8) is 0 Å². The number of carbonyl (C=O) groups is 2. The lowest BCUT2D eigenvalue weighted by molar-refractivity contribution is -0.138. The summed E-state index contributed by atoms with van der Waals surface area (Å²) in [6, 6.07) is 11.9. The van der Waals surface area contributed by atoms with Crippen molar-refractivity contribution in [1.82, 2.24) is 0 Å². The molecule has 1 aromatic heterocycles. The summed E-state index contributed by atoms with van der Waals surface area (Å²) < 4.78 is 16.9. The number of ether oxygens (including phenoxy) is 2. The van der Waals surface area contributed by atoms with Gasteiger partial charge in [0.2, 0.25) is 11.8 Å². The van der Waals surface area contributed by atoms with Crippen LogP contribution in [0.15, 0.2) is 67.6 Å². The molecule has 5 rings (SSSR count). The molecule has 2 aliphatic heterocycles. The lowest BCUT2D eigenvalue weighted by atomic mass is 9.68. The lowest BCUT2D eigenvalue weighted by Crippen LogP contribution is -2.50. The Kier molecular flexibility index (Phi) is 4.03. The molecule has 1 spiro atoms. The predicted molar refractivity (Wildman–Crippen MR) is 115 cm³/mol. The number of hydrogen-bond acceptors (Lipinski definition) is 7. The molecule has 0 saturated carbocycles. The van der Waals surface area contributed by atoms with Gasteiger partial charge in [-0.3, -0.25) is 4.79 Å². The van der Waals surface area contributed by atoms with Crippen LogP contribution in [0.2, 0.25) is 0 Å². The molecule has 0 radical (unpaired) electrons. The van der Waals surface area contributed by atoms with Gasteiger partial charge in [0.15, 0.2) is 5.75 Å². The Morgan fingerprint density at radius 2 is 1.94 bits per heavy atom. The van der Waals surface area contributed by atoms with Crippen molar-refractivity contribution in [2.24, 2.45) is 5.73 Å². The molecule has 3 aromatic rings. The normalized spacial score (nSPS) is 19.5. The number of halogens is 1. The molecular formula is C22H15BrN2O6. The van der Waals surface area contributed by atoms with E-state index in [1.54, 1.807) is 49.5 Å². The molecule has 0 bridgehead atoms. The second-order valence-corrected chi connectivity index (χ2v) is 8.11. The number of benzene rings is 2. The topological polar surface area (TPSA) is 112 Å². The average molecular weight is 483 g/mol. The highest BCUT2D eigenvalue weighted by atomic mass is 79.9. The Morgan fingerprint density at radius 3 is 2.68 bits per heavy atom. The van der Waals surface area contributed by atoms with Gasteiger partial charge in [0, 0.05) is 22.8 Å². The van der Waals surface area contributed by atoms with Gasteiger partial charge in [-0.2, -0.15) is 0 Å². The zero-order chi connectivity index (χ0) is 22.1. The van der Waals surface area contributed by atoms with Crippen molar-refractivity contribution in [3.8, 4) is 5.75 Å². The van der Waals surface area contributed by atoms with Gasteiger partial charge in [0.25, 0.3) is 0 Å². The molecule has 3 heterocycles. The fourth-order valence-electron chi connectivity index (χ4n) is 4.44. The third-order valence-electron chi connectivity index (χ3n) is 5.71. The van der Waals surface area contributed by atoms with Crippen molar-refractivity contribution >= 4 is 44.5 Å². The third kappa shape index (κ3) is 2.32. The molecule has 0 aliphatic carbocycles. The highest BCUT2D eigenvalue weighted by Gasteiger charge is 2.62. The molecule has 9 heteroatoms. The number of nitrogens with two attached hydrogens (primary N) is 1. The number of carbonyl (C=O) groups excluding carboxylic acids is 2. The Hall–Kier alpha value is -3.59. The molecule has 2 N–H and O–H groups in total. The first-order valence-corrected chi connectivity index (χ1v) is 10.0. The molecule has 8 nitrogen and oxygen atoms in total. The maximum absolute atomic E-state index is 13.9. The van der Waals surface area contributed by atoms with Crippen LogP contribution >= 0.6 is 15.9 Å². The quantitative estimate of drug-likeness (QED) is 0.418. The van der Waals surface area contributed by atoms with Crippen LogP contribution in [0.1, 0.15) is 11.1 Å². The lowest BCUT2D eigenvalue weighted by Gasteiger charge is -2.34. The summed E-state index contributed by atoms with van der Waals surface area (Å²) in [6.45, 7) is 0. The molecule has 2 aromatic carbocycles. The Labute approximate surface area is 184 Å². The number of amides is 1. The Balaban J connectivity index is 2.03. The number of nitrogens with zero attached hydrogens (tertiary/aromatic N) is 1. The van der Waals surface area contributed by atoms with Gasteiger partial charge in [-0.25, -0.2) is 9.59 Å². The van der Waals surface area contributed by atoms with Crippen LogP contribution in [0.3, 0.4) is 0 Å². The maximum atomic E-state index is 13.9. The van der Waals surface area contributed by atoms with Crippen molar-refractivity contribution in [3.05, 3.63) is 79.9 Å². The number of methoxy groups -OCH3 is 1. The number of para-hydroxylation sites is 1. The summed E-state index contributed by atoms with van der Waals surface area (Å²) in [5, 5.41) is 0.447. The number of hydrogen-bond donors (Lipinski definition) is 1. The highest BCUT2D eigenvalue weighted by molar-refractivity contribution is 9.10. The van der Waals surface area contributed by atoms with Crippen LogP contribution in [0.4, 0.5) is 5.69 Å². The molecule has 0 fully saturated rings. The molecular weight excluding hydrogens is 468 g/mol. The highest BCUT2D eigenvalue weighted by Crippen LogP contribution is 2.55. The smallest absolute Gasteiger partial charge is 0.345 e. The summed E-state index contributed by atoms with van der Waals surface area (Å²) in [6.07, 6.45) is 0. The first kappa shape index (κ1) is 19.4. The predicted octanol–water partition coefficient (Wildman–Crippen LogP) is 2.55. The number of rotatable bonds is 1. The van der Waals surface area contributed by atoms with Crippen LogP contribution in [-0.2, 0) is 19.7 Å². The van der Waals surface area contributed by atoms with Crippen molar-refractivity contribution in [1.29, 1.82) is 0 Å². The second kappa shape index (κ2) is 6.45. The standard InChI is InChI=1S/C22H15BrN2O6/c1-25-13-8-7-10(23)9-12(13)22(21(25)28)15-17(31-18(24)16(22)19(26)29-2)11-5-3-4-6-14(11)30-20(15)27/h3-9H,24H2,1-2H3. The number of likely N-dealkylation sites (N-methyl/N-ethyl adjacent to an activating group) is 1. The zero-order valence-corrected chi connectivity index (χ0v) is 18.0. The first-order chi connectivity index (χ1) is 14.8. The monoisotopic (exact) mass is 482 g/mol. The number of fused-ring (bicyclic) bond motifs is 6. The fourth-order valence-corrected chi connectivity index (χ4v) is 4.80. The van der Waals surface area contributed by atoms with Gasteiger partial charge in [-0.05, 0) is 30.3 Å². The summed E-state index contributed by atoms with van der Waals surface area (Å²) >= 11 is 3.42. The molecule has 31 heavy (non-hydrogen) atoms. The SMILES string of the molecule is COC(=O)C1=C(N)Oc2c(c(=O)oc3ccccc23)C12C(=O)N(C)c1ccc(Br)cc12. The van der Waals surface area contributed by atoms with E-state index in [-0.39, 0.29) is 28.4 Å². The van der Waals surface area contributed by atoms with Gasteiger partial charge in [0.1, 0.15) is 22.1 Å². The fraction of sp³-hybridized carbons (Fsp3) is 0.136. The molecule has 1 unspecified atom stereocenters. The number of anilines is 1. The minimum absolute atomic E-state index is 0.0755. The maximum Gasteiger partial charge on any atom is 0.345 e. The van der Waals surface area contributed by atoms with Crippen molar-refractivity contribution in [2.45, 2.75) is 5.41 Å². The average Bonchev–Trinajstić information content (AvgIpc) is 2.95. The minimum atomic E-state index is -1.89. The summed E-state index contributed by atoms with van der Waals surface area (Å²) in [7, 11) is 2.73. The largest absolute Gasteiger partial charge is 0.465 e. The third-order valence-corrected chi connectivity index (χ3v) is 6.21. The number of esters is 1. The minimum Gasteiger partial charge on any atom is -0.465 e. The van der Waals surface area contributed by atoms with E-state index in [0.717, 1.165) is 0 Å². The van der Waals surface area contributed by atoms with E-state index >= 15 is 0 Å².